The highest BCUT2D eigenvalue weighted by molar-refractivity contribution is 5.80. The van der Waals surface area contributed by atoms with Gasteiger partial charge in [-0.3, -0.25) is 9.69 Å². The lowest BCUT2D eigenvalue weighted by molar-refractivity contribution is -0.192. The van der Waals surface area contributed by atoms with E-state index >= 15 is 0 Å². The predicted molar refractivity (Wildman–Crippen MR) is 102 cm³/mol. The number of benzene rings is 1. The van der Waals surface area contributed by atoms with Crippen molar-refractivity contribution in [3.8, 4) is 0 Å². The Bertz CT molecular complexity index is 747. The van der Waals surface area contributed by atoms with E-state index < -0.39 is 12.1 Å². The van der Waals surface area contributed by atoms with E-state index in [-0.39, 0.29) is 30.0 Å². The van der Waals surface area contributed by atoms with E-state index in [4.69, 9.17) is 19.4 Å². The summed E-state index contributed by atoms with van der Waals surface area (Å²) in [6, 6.07) is 7.18. The van der Waals surface area contributed by atoms with Gasteiger partial charge in [0.05, 0.1) is 12.7 Å². The van der Waals surface area contributed by atoms with Crippen LogP contribution in [-0.4, -0.2) is 73.1 Å². The molecule has 1 amide bonds. The number of carboxylic acids is 1. The number of hydrogen-bond donors (Lipinski definition) is 2. The number of halogens is 4. The van der Waals surface area contributed by atoms with Gasteiger partial charge in [-0.25, -0.2) is 9.18 Å². The minimum atomic E-state index is -5.08. The first kappa shape index (κ1) is 25.0. The molecule has 3 rings (SSSR count). The van der Waals surface area contributed by atoms with Gasteiger partial charge in [-0.1, -0.05) is 18.2 Å². The summed E-state index contributed by atoms with van der Waals surface area (Å²) in [5.41, 5.74) is 0.720. The Morgan fingerprint density at radius 3 is 2.55 bits per heavy atom. The summed E-state index contributed by atoms with van der Waals surface area (Å²) in [6.07, 6.45) is -2.91. The Morgan fingerprint density at radius 1 is 1.26 bits per heavy atom. The molecule has 1 aromatic rings. The van der Waals surface area contributed by atoms with Gasteiger partial charge in [-0.05, 0) is 25.3 Å². The summed E-state index contributed by atoms with van der Waals surface area (Å²) in [4.78, 5) is 23.3. The van der Waals surface area contributed by atoms with Gasteiger partial charge in [0.15, 0.2) is 0 Å². The van der Waals surface area contributed by atoms with Gasteiger partial charge in [0.25, 0.3) is 0 Å². The van der Waals surface area contributed by atoms with E-state index in [2.05, 4.69) is 10.2 Å². The fourth-order valence-corrected chi connectivity index (χ4v) is 3.64. The van der Waals surface area contributed by atoms with Crippen molar-refractivity contribution >= 4 is 11.9 Å². The molecule has 0 spiro atoms. The highest BCUT2D eigenvalue weighted by atomic mass is 19.4. The monoisotopic (exact) mass is 450 g/mol. The number of alkyl halides is 3. The molecule has 0 saturated carbocycles. The first-order valence-electron chi connectivity index (χ1n) is 9.83. The highest BCUT2D eigenvalue weighted by Crippen LogP contribution is 2.32. The van der Waals surface area contributed by atoms with Gasteiger partial charge in [-0.2, -0.15) is 13.2 Å². The molecule has 2 aliphatic heterocycles. The Morgan fingerprint density at radius 2 is 1.94 bits per heavy atom. The maximum absolute atomic E-state index is 13.9. The van der Waals surface area contributed by atoms with Gasteiger partial charge in [-0.15, -0.1) is 0 Å². The molecule has 0 radical (unpaired) electrons. The Hall–Kier alpha value is -2.24. The smallest absolute Gasteiger partial charge is 0.475 e. The van der Waals surface area contributed by atoms with Crippen LogP contribution in [0, 0.1) is 5.82 Å². The van der Waals surface area contributed by atoms with Crippen LogP contribution < -0.4 is 5.32 Å². The Kier molecular flexibility index (Phi) is 9.20. The average molecular weight is 450 g/mol. The van der Waals surface area contributed by atoms with Gasteiger partial charge in [0, 0.05) is 38.3 Å². The second kappa shape index (κ2) is 11.4. The molecular weight excluding hydrogens is 424 g/mol. The summed E-state index contributed by atoms with van der Waals surface area (Å²) >= 11 is 0. The van der Waals surface area contributed by atoms with Crippen molar-refractivity contribution in [3.63, 3.8) is 0 Å². The van der Waals surface area contributed by atoms with Crippen molar-refractivity contribution < 1.29 is 41.7 Å². The lowest BCUT2D eigenvalue weighted by Gasteiger charge is -2.35. The predicted octanol–water partition coefficient (Wildman–Crippen LogP) is 2.34. The molecule has 0 aliphatic carbocycles. The SMILES string of the molecule is COCCNC(=O)[C@@H]1CC[C@@H]2[C@@H](CCN2Cc2ccccc2F)O1.O=C(O)C(F)(F)F. The lowest BCUT2D eigenvalue weighted by Crippen LogP contribution is -2.48. The molecule has 2 fully saturated rings. The van der Waals surface area contributed by atoms with Crippen molar-refractivity contribution in [3.05, 3.63) is 35.6 Å². The fraction of sp³-hybridized carbons (Fsp3) is 0.600. The molecule has 1 aromatic carbocycles. The number of likely N-dealkylation sites (tertiary alicyclic amines) is 1. The summed E-state index contributed by atoms with van der Waals surface area (Å²) < 4.78 is 56.5. The summed E-state index contributed by atoms with van der Waals surface area (Å²) in [5, 5.41) is 9.96. The zero-order valence-corrected chi connectivity index (χ0v) is 17.0. The number of hydrogen-bond acceptors (Lipinski definition) is 5. The van der Waals surface area contributed by atoms with E-state index in [1.165, 1.54) is 6.07 Å². The van der Waals surface area contributed by atoms with Gasteiger partial charge in [0.1, 0.15) is 11.9 Å². The maximum Gasteiger partial charge on any atom is 0.490 e. The molecule has 0 unspecified atom stereocenters. The second-order valence-corrected chi connectivity index (χ2v) is 7.25. The number of aliphatic carboxylic acids is 1. The molecule has 0 aromatic heterocycles. The number of nitrogens with zero attached hydrogens (tertiary/aromatic N) is 1. The van der Waals surface area contributed by atoms with Crippen molar-refractivity contribution in [1.82, 2.24) is 10.2 Å². The molecular formula is C20H26F4N2O5. The first-order valence-corrected chi connectivity index (χ1v) is 9.83. The third kappa shape index (κ3) is 7.44. The van der Waals surface area contributed by atoms with Crippen LogP contribution in [0.1, 0.15) is 24.8 Å². The number of ether oxygens (including phenoxy) is 2. The zero-order chi connectivity index (χ0) is 23.0. The van der Waals surface area contributed by atoms with Crippen LogP contribution in [0.25, 0.3) is 0 Å². The van der Waals surface area contributed by atoms with Crippen molar-refractivity contribution in [2.45, 2.75) is 50.2 Å². The van der Waals surface area contributed by atoms with Gasteiger partial charge >= 0.3 is 12.1 Å². The minimum absolute atomic E-state index is 0.0574. The topological polar surface area (TPSA) is 88.1 Å². The van der Waals surface area contributed by atoms with E-state index in [9.17, 15) is 22.4 Å². The van der Waals surface area contributed by atoms with Crippen molar-refractivity contribution in [2.75, 3.05) is 26.8 Å². The quantitative estimate of drug-likeness (QED) is 0.511. The molecule has 31 heavy (non-hydrogen) atoms. The van der Waals surface area contributed by atoms with Crippen LogP contribution in [-0.2, 0) is 25.6 Å². The first-order chi connectivity index (χ1) is 14.6. The van der Waals surface area contributed by atoms with E-state index in [1.807, 2.05) is 12.1 Å². The second-order valence-electron chi connectivity index (χ2n) is 7.25. The van der Waals surface area contributed by atoms with Crippen molar-refractivity contribution in [2.24, 2.45) is 0 Å². The standard InChI is InChI=1S/C18H25FN2O3.C2HF3O2/c1-23-11-9-20-18(22)17-7-6-15-16(24-17)8-10-21(15)12-13-4-2-3-5-14(13)19;3-2(4,5)1(6)7/h2-5,15-17H,6-12H2,1H3,(H,20,22);(H,6,7)/t15-,16-,17+;/m1./s1. The maximum atomic E-state index is 13.9. The molecule has 2 aliphatic rings. The zero-order valence-electron chi connectivity index (χ0n) is 17.0. The number of nitrogens with one attached hydrogen (secondary N) is 1. The molecule has 2 N–H and O–H groups in total. The van der Waals surface area contributed by atoms with Crippen molar-refractivity contribution in [1.29, 1.82) is 0 Å². The number of carboxylic acid groups (broad SMARTS) is 1. The minimum Gasteiger partial charge on any atom is -0.475 e. The number of carbonyl (C=O) groups excluding carboxylic acids is 1. The molecule has 2 heterocycles. The number of rotatable bonds is 6. The van der Waals surface area contributed by atoms with Gasteiger partial charge < -0.3 is 19.9 Å². The van der Waals surface area contributed by atoms with Gasteiger partial charge in [0.2, 0.25) is 5.91 Å². The lowest BCUT2D eigenvalue weighted by atomic mass is 9.98. The number of methoxy groups -OCH3 is 1. The summed E-state index contributed by atoms with van der Waals surface area (Å²) in [5.74, 6) is -2.97. The third-order valence-electron chi connectivity index (χ3n) is 5.13. The molecule has 7 nitrogen and oxygen atoms in total. The Balaban J connectivity index is 0.000000423. The van der Waals surface area contributed by atoms with E-state index in [0.29, 0.717) is 26.1 Å². The van der Waals surface area contributed by atoms with Crippen LogP contribution in [0.2, 0.25) is 0 Å². The Labute approximate surface area is 177 Å². The molecule has 11 heteroatoms. The summed E-state index contributed by atoms with van der Waals surface area (Å²) in [6.45, 7) is 2.48. The van der Waals surface area contributed by atoms with Crippen LogP contribution in [0.15, 0.2) is 24.3 Å². The molecule has 2 saturated heterocycles. The average Bonchev–Trinajstić information content (AvgIpc) is 3.11. The van der Waals surface area contributed by atoms with E-state index in [1.54, 1.807) is 13.2 Å². The number of carbonyl (C=O) groups is 2. The normalized spacial score (nSPS) is 23.5. The van der Waals surface area contributed by atoms with E-state index in [0.717, 1.165) is 24.9 Å². The third-order valence-corrected chi connectivity index (χ3v) is 5.13. The largest absolute Gasteiger partial charge is 0.490 e. The number of amides is 1. The fourth-order valence-electron chi connectivity index (χ4n) is 3.64. The molecule has 3 atom stereocenters. The summed E-state index contributed by atoms with van der Waals surface area (Å²) in [7, 11) is 1.61. The van der Waals surface area contributed by atoms with Crippen LogP contribution in [0.3, 0.4) is 0 Å². The molecule has 174 valence electrons. The van der Waals surface area contributed by atoms with Crippen LogP contribution in [0.4, 0.5) is 17.6 Å². The molecule has 0 bridgehead atoms. The number of fused-ring (bicyclic) bond motifs is 1. The van der Waals surface area contributed by atoms with Crippen LogP contribution in [0.5, 0.6) is 0 Å². The van der Waals surface area contributed by atoms with Crippen LogP contribution >= 0.6 is 0 Å². The highest BCUT2D eigenvalue weighted by Gasteiger charge is 2.41.